The molecule has 0 spiro atoms. The van der Waals surface area contributed by atoms with Crippen molar-refractivity contribution in [3.63, 3.8) is 0 Å². The van der Waals surface area contributed by atoms with Gasteiger partial charge in [0, 0.05) is 0 Å². The molecule has 5 nitrogen and oxygen atoms in total. The van der Waals surface area contributed by atoms with E-state index in [1.54, 1.807) is 7.11 Å². The zero-order valence-electron chi connectivity index (χ0n) is 15.3. The lowest BCUT2D eigenvalue weighted by Gasteiger charge is -2.21. The molecule has 0 aliphatic carbocycles. The van der Waals surface area contributed by atoms with Crippen LogP contribution >= 0.6 is 0 Å². The number of carbonyl (C=O) groups is 1. The van der Waals surface area contributed by atoms with Crippen LogP contribution in [-0.2, 0) is 0 Å². The first kappa shape index (κ1) is 17.2. The third kappa shape index (κ3) is 3.40. The lowest BCUT2D eigenvalue weighted by Crippen LogP contribution is -2.27. The first-order chi connectivity index (χ1) is 13.2. The van der Waals surface area contributed by atoms with Crippen molar-refractivity contribution in [3.8, 4) is 17.2 Å². The quantitative estimate of drug-likeness (QED) is 0.758. The van der Waals surface area contributed by atoms with Gasteiger partial charge in [0.15, 0.2) is 11.5 Å². The smallest absolute Gasteiger partial charge is 0.255 e. The molecule has 0 aromatic heterocycles. The van der Waals surface area contributed by atoms with E-state index in [1.165, 1.54) is 0 Å². The van der Waals surface area contributed by atoms with Crippen molar-refractivity contribution >= 4 is 16.7 Å². The fourth-order valence-electron chi connectivity index (χ4n) is 3.25. The number of carbonyl (C=O) groups excluding carboxylic acids is 1. The fraction of sp³-hybridized carbons (Fsp3) is 0.227. The Bertz CT molecular complexity index is 999. The Morgan fingerprint density at radius 1 is 1.00 bits per heavy atom. The van der Waals surface area contributed by atoms with Crippen molar-refractivity contribution in [3.05, 3.63) is 65.7 Å². The van der Waals surface area contributed by atoms with Gasteiger partial charge in [-0.2, -0.15) is 0 Å². The van der Waals surface area contributed by atoms with Gasteiger partial charge < -0.3 is 19.5 Å². The zero-order valence-corrected chi connectivity index (χ0v) is 15.3. The minimum absolute atomic E-state index is 0.181. The second-order valence-electron chi connectivity index (χ2n) is 6.50. The van der Waals surface area contributed by atoms with Crippen LogP contribution in [0.25, 0.3) is 10.8 Å². The van der Waals surface area contributed by atoms with Gasteiger partial charge in [-0.05, 0) is 47.5 Å². The summed E-state index contributed by atoms with van der Waals surface area (Å²) in [6.45, 7) is 3.03. The highest BCUT2D eigenvalue weighted by atomic mass is 16.6. The molecule has 1 aliphatic heterocycles. The normalized spacial score (nSPS) is 13.9. The van der Waals surface area contributed by atoms with Gasteiger partial charge in [-0.1, -0.05) is 30.3 Å². The summed E-state index contributed by atoms with van der Waals surface area (Å²) in [4.78, 5) is 12.9. The summed E-state index contributed by atoms with van der Waals surface area (Å²) in [5.41, 5.74) is 1.47. The van der Waals surface area contributed by atoms with Crippen LogP contribution in [0, 0.1) is 0 Å². The van der Waals surface area contributed by atoms with E-state index in [1.807, 2.05) is 61.5 Å². The molecular weight excluding hydrogens is 342 g/mol. The first-order valence-corrected chi connectivity index (χ1v) is 8.93. The van der Waals surface area contributed by atoms with E-state index in [4.69, 9.17) is 14.2 Å². The molecule has 1 amide bonds. The van der Waals surface area contributed by atoms with E-state index in [2.05, 4.69) is 5.32 Å². The predicted octanol–water partition coefficient (Wildman–Crippen LogP) is 4.11. The van der Waals surface area contributed by atoms with E-state index in [-0.39, 0.29) is 11.9 Å². The third-order valence-corrected chi connectivity index (χ3v) is 4.73. The Kier molecular flexibility index (Phi) is 4.59. The maximum absolute atomic E-state index is 12.9. The Morgan fingerprint density at radius 2 is 1.70 bits per heavy atom. The van der Waals surface area contributed by atoms with Crippen molar-refractivity contribution in [2.24, 2.45) is 0 Å². The molecule has 0 saturated carbocycles. The van der Waals surface area contributed by atoms with Gasteiger partial charge in [0.1, 0.15) is 19.0 Å². The van der Waals surface area contributed by atoms with Crippen molar-refractivity contribution in [1.29, 1.82) is 0 Å². The first-order valence-electron chi connectivity index (χ1n) is 8.93. The minimum Gasteiger partial charge on any atom is -0.496 e. The molecule has 138 valence electrons. The van der Waals surface area contributed by atoms with Gasteiger partial charge in [0.05, 0.1) is 18.7 Å². The number of hydrogen-bond acceptors (Lipinski definition) is 4. The molecule has 27 heavy (non-hydrogen) atoms. The number of rotatable bonds is 4. The lowest BCUT2D eigenvalue weighted by molar-refractivity contribution is 0.0937. The number of methoxy groups -OCH3 is 1. The van der Waals surface area contributed by atoms with E-state index >= 15 is 0 Å². The van der Waals surface area contributed by atoms with Crippen LogP contribution < -0.4 is 19.5 Å². The van der Waals surface area contributed by atoms with Crippen LogP contribution in [0.4, 0.5) is 0 Å². The summed E-state index contributed by atoms with van der Waals surface area (Å²) < 4.78 is 16.6. The fourth-order valence-corrected chi connectivity index (χ4v) is 3.25. The highest BCUT2D eigenvalue weighted by Gasteiger charge is 2.19. The van der Waals surface area contributed by atoms with E-state index in [9.17, 15) is 4.79 Å². The summed E-state index contributed by atoms with van der Waals surface area (Å²) in [5.74, 6) is 1.82. The van der Waals surface area contributed by atoms with Crippen LogP contribution in [0.1, 0.15) is 28.9 Å². The molecule has 0 unspecified atom stereocenters. The Balaban J connectivity index is 1.59. The van der Waals surface area contributed by atoms with E-state index in [0.717, 1.165) is 22.1 Å². The molecule has 1 N–H and O–H groups in total. The molecule has 0 radical (unpaired) electrons. The molecule has 1 atom stereocenters. The Hall–Kier alpha value is -3.21. The molecule has 0 bridgehead atoms. The van der Waals surface area contributed by atoms with Gasteiger partial charge in [0.25, 0.3) is 5.91 Å². The van der Waals surface area contributed by atoms with E-state index < -0.39 is 0 Å². The van der Waals surface area contributed by atoms with Gasteiger partial charge in [0.2, 0.25) is 0 Å². The summed E-state index contributed by atoms with van der Waals surface area (Å²) in [6, 6.07) is 17.2. The number of nitrogens with one attached hydrogen (secondary N) is 1. The maximum Gasteiger partial charge on any atom is 0.255 e. The summed E-state index contributed by atoms with van der Waals surface area (Å²) in [5, 5.41) is 5.07. The molecule has 3 aromatic rings. The SMILES string of the molecule is COc1cc2ccccc2cc1C(=O)N[C@@H](C)c1ccc2c(c1)OCCO2. The van der Waals surface area contributed by atoms with Gasteiger partial charge in [-0.25, -0.2) is 0 Å². The van der Waals surface area contributed by atoms with E-state index in [0.29, 0.717) is 30.3 Å². The van der Waals surface area contributed by atoms with Crippen molar-refractivity contribution < 1.29 is 19.0 Å². The van der Waals surface area contributed by atoms with Crippen LogP contribution in [0.2, 0.25) is 0 Å². The molecule has 0 fully saturated rings. The summed E-state index contributed by atoms with van der Waals surface area (Å²) >= 11 is 0. The highest BCUT2D eigenvalue weighted by Crippen LogP contribution is 2.33. The summed E-state index contributed by atoms with van der Waals surface area (Å²) in [7, 11) is 1.57. The van der Waals surface area contributed by atoms with Crippen molar-refractivity contribution in [1.82, 2.24) is 5.32 Å². The second-order valence-corrected chi connectivity index (χ2v) is 6.50. The molecule has 1 aliphatic rings. The zero-order chi connectivity index (χ0) is 18.8. The molecule has 5 heteroatoms. The van der Waals surface area contributed by atoms with Crippen molar-refractivity contribution in [2.75, 3.05) is 20.3 Å². The number of benzene rings is 3. The number of hydrogen-bond donors (Lipinski definition) is 1. The molecule has 4 rings (SSSR count). The topological polar surface area (TPSA) is 56.8 Å². The number of ether oxygens (including phenoxy) is 3. The van der Waals surface area contributed by atoms with Crippen LogP contribution in [0.15, 0.2) is 54.6 Å². The Labute approximate surface area is 157 Å². The third-order valence-electron chi connectivity index (χ3n) is 4.73. The predicted molar refractivity (Wildman–Crippen MR) is 104 cm³/mol. The Morgan fingerprint density at radius 3 is 2.44 bits per heavy atom. The highest BCUT2D eigenvalue weighted by molar-refractivity contribution is 6.01. The molecule has 0 saturated heterocycles. The van der Waals surface area contributed by atoms with Gasteiger partial charge in [-0.3, -0.25) is 4.79 Å². The molecular formula is C22H21NO4. The average molecular weight is 363 g/mol. The van der Waals surface area contributed by atoms with Crippen LogP contribution in [0.5, 0.6) is 17.2 Å². The van der Waals surface area contributed by atoms with Crippen molar-refractivity contribution in [2.45, 2.75) is 13.0 Å². The van der Waals surface area contributed by atoms with Crippen LogP contribution in [-0.4, -0.2) is 26.2 Å². The minimum atomic E-state index is -0.190. The number of fused-ring (bicyclic) bond motifs is 2. The lowest BCUT2D eigenvalue weighted by atomic mass is 10.0. The van der Waals surface area contributed by atoms with Crippen LogP contribution in [0.3, 0.4) is 0 Å². The monoisotopic (exact) mass is 363 g/mol. The second kappa shape index (κ2) is 7.19. The molecule has 1 heterocycles. The summed E-state index contributed by atoms with van der Waals surface area (Å²) in [6.07, 6.45) is 0. The standard InChI is InChI=1S/C22H21NO4/c1-14(15-7-8-19-21(12-15)27-10-9-26-19)23-22(24)18-11-16-5-3-4-6-17(16)13-20(18)25-2/h3-8,11-14H,9-10H2,1-2H3,(H,23,24)/t14-/m0/s1. The maximum atomic E-state index is 12.9. The molecule has 3 aromatic carbocycles. The van der Waals surface area contributed by atoms with Gasteiger partial charge in [-0.15, -0.1) is 0 Å². The largest absolute Gasteiger partial charge is 0.496 e. The number of amides is 1. The van der Waals surface area contributed by atoms with Gasteiger partial charge >= 0.3 is 0 Å². The average Bonchev–Trinajstić information content (AvgIpc) is 2.72.